The highest BCUT2D eigenvalue weighted by Gasteiger charge is 2.19. The highest BCUT2D eigenvalue weighted by Crippen LogP contribution is 2.34. The molecule has 0 fully saturated rings. The summed E-state index contributed by atoms with van der Waals surface area (Å²) in [6.45, 7) is 0. The molecule has 0 saturated carbocycles. The van der Waals surface area contributed by atoms with Gasteiger partial charge in [-0.25, -0.2) is 17.9 Å². The van der Waals surface area contributed by atoms with Crippen molar-refractivity contribution in [2.45, 2.75) is 4.90 Å². The maximum absolute atomic E-state index is 13.6. The number of halogens is 2. The summed E-state index contributed by atoms with van der Waals surface area (Å²) in [5, 5.41) is 4.87. The molecule has 0 atom stereocenters. The predicted octanol–water partition coefficient (Wildman–Crippen LogP) is 4.59. The molecular formula is C18H13ClFNO3S. The van der Waals surface area contributed by atoms with Gasteiger partial charge < -0.3 is 4.74 Å². The van der Waals surface area contributed by atoms with Gasteiger partial charge in [-0.1, -0.05) is 54.1 Å². The number of benzene rings is 3. The minimum Gasteiger partial charge on any atom is -0.456 e. The Hall–Kier alpha value is -2.41. The lowest BCUT2D eigenvalue weighted by molar-refractivity contribution is 0.464. The maximum atomic E-state index is 13.6. The third kappa shape index (κ3) is 3.99. The quantitative estimate of drug-likeness (QED) is 0.723. The lowest BCUT2D eigenvalue weighted by atomic mass is 10.1. The average molecular weight is 378 g/mol. The zero-order valence-electron chi connectivity index (χ0n) is 12.8. The van der Waals surface area contributed by atoms with Gasteiger partial charge in [0.05, 0.1) is 5.02 Å². The van der Waals surface area contributed by atoms with Gasteiger partial charge in [0.2, 0.25) is 10.0 Å². The van der Waals surface area contributed by atoms with E-state index in [2.05, 4.69) is 0 Å². The molecule has 7 heteroatoms. The van der Waals surface area contributed by atoms with Crippen LogP contribution in [0.25, 0.3) is 11.1 Å². The number of hydrogen-bond acceptors (Lipinski definition) is 3. The number of rotatable bonds is 4. The summed E-state index contributed by atoms with van der Waals surface area (Å²) in [7, 11) is -4.18. The van der Waals surface area contributed by atoms with E-state index in [0.29, 0.717) is 5.75 Å². The van der Waals surface area contributed by atoms with E-state index in [1.54, 1.807) is 18.2 Å². The average Bonchev–Trinajstić information content (AvgIpc) is 2.58. The molecule has 3 aromatic rings. The highest BCUT2D eigenvalue weighted by molar-refractivity contribution is 7.89. The second-order valence-corrected chi connectivity index (χ2v) is 7.19. The smallest absolute Gasteiger partial charge is 0.241 e. The van der Waals surface area contributed by atoms with Crippen molar-refractivity contribution >= 4 is 21.6 Å². The SMILES string of the molecule is NS(=O)(=O)c1cc(F)c(Cl)cc1Oc1cccc(-c2ccccc2)c1. The molecule has 0 bridgehead atoms. The molecule has 0 aromatic heterocycles. The van der Waals surface area contributed by atoms with Crippen LogP contribution in [0.4, 0.5) is 4.39 Å². The number of sulfonamides is 1. The number of nitrogens with two attached hydrogens (primary N) is 1. The molecule has 2 N–H and O–H groups in total. The van der Waals surface area contributed by atoms with Crippen molar-refractivity contribution in [3.63, 3.8) is 0 Å². The summed E-state index contributed by atoms with van der Waals surface area (Å²) in [5.41, 5.74) is 1.85. The highest BCUT2D eigenvalue weighted by atomic mass is 35.5. The second-order valence-electron chi connectivity index (χ2n) is 5.25. The van der Waals surface area contributed by atoms with E-state index in [1.807, 2.05) is 36.4 Å². The Morgan fingerprint density at radius 1 is 0.920 bits per heavy atom. The van der Waals surface area contributed by atoms with Crippen molar-refractivity contribution in [1.82, 2.24) is 0 Å². The summed E-state index contributed by atoms with van der Waals surface area (Å²) in [6, 6.07) is 18.5. The largest absolute Gasteiger partial charge is 0.456 e. The molecule has 128 valence electrons. The Morgan fingerprint density at radius 2 is 1.60 bits per heavy atom. The first-order valence-corrected chi connectivity index (χ1v) is 9.12. The number of hydrogen-bond donors (Lipinski definition) is 1. The molecule has 3 aromatic carbocycles. The van der Waals surface area contributed by atoms with Crippen LogP contribution >= 0.6 is 11.6 Å². The molecule has 0 unspecified atom stereocenters. The van der Waals surface area contributed by atoms with E-state index in [4.69, 9.17) is 21.5 Å². The molecule has 0 aliphatic heterocycles. The zero-order chi connectivity index (χ0) is 18.0. The fourth-order valence-corrected chi connectivity index (χ4v) is 3.11. The van der Waals surface area contributed by atoms with Gasteiger partial charge in [0.25, 0.3) is 0 Å². The Balaban J connectivity index is 2.03. The van der Waals surface area contributed by atoms with Crippen LogP contribution in [-0.2, 0) is 10.0 Å². The van der Waals surface area contributed by atoms with Gasteiger partial charge in [-0.05, 0) is 29.3 Å². The van der Waals surface area contributed by atoms with Crippen molar-refractivity contribution < 1.29 is 17.5 Å². The summed E-state index contributed by atoms with van der Waals surface area (Å²) >= 11 is 5.74. The number of ether oxygens (including phenoxy) is 1. The summed E-state index contributed by atoms with van der Waals surface area (Å²) in [5.74, 6) is -0.663. The Morgan fingerprint density at radius 3 is 2.28 bits per heavy atom. The Bertz CT molecular complexity index is 1020. The standard InChI is InChI=1S/C18H13ClFNO3S/c19-15-10-17(18(11-16(15)20)25(21,22)23)24-14-8-4-7-13(9-14)12-5-2-1-3-6-12/h1-11H,(H2,21,22,23). The van der Waals surface area contributed by atoms with Gasteiger partial charge in [0.1, 0.15) is 22.2 Å². The summed E-state index contributed by atoms with van der Waals surface area (Å²) in [6.07, 6.45) is 0. The fourth-order valence-electron chi connectivity index (χ4n) is 2.31. The van der Waals surface area contributed by atoms with Crippen LogP contribution in [-0.4, -0.2) is 8.42 Å². The molecule has 0 aliphatic carbocycles. The molecule has 0 saturated heterocycles. The molecule has 25 heavy (non-hydrogen) atoms. The maximum Gasteiger partial charge on any atom is 0.241 e. The van der Waals surface area contributed by atoms with Gasteiger partial charge in [-0.3, -0.25) is 0 Å². The first-order chi connectivity index (χ1) is 11.8. The van der Waals surface area contributed by atoms with Crippen molar-refractivity contribution in [2.75, 3.05) is 0 Å². The zero-order valence-corrected chi connectivity index (χ0v) is 14.4. The molecule has 0 heterocycles. The first kappa shape index (κ1) is 17.4. The van der Waals surface area contributed by atoms with E-state index >= 15 is 0 Å². The normalized spacial score (nSPS) is 11.3. The lowest BCUT2D eigenvalue weighted by Gasteiger charge is -2.12. The topological polar surface area (TPSA) is 69.4 Å². The van der Waals surface area contributed by atoms with Crippen LogP contribution in [0, 0.1) is 5.82 Å². The molecule has 0 spiro atoms. The van der Waals surface area contributed by atoms with Crippen molar-refractivity contribution in [2.24, 2.45) is 5.14 Å². The van der Waals surface area contributed by atoms with E-state index < -0.39 is 20.7 Å². The molecular weight excluding hydrogens is 365 g/mol. The van der Waals surface area contributed by atoms with Crippen LogP contribution < -0.4 is 9.88 Å². The van der Waals surface area contributed by atoms with E-state index in [1.165, 1.54) is 0 Å². The van der Waals surface area contributed by atoms with E-state index in [-0.39, 0.29) is 10.8 Å². The predicted molar refractivity (Wildman–Crippen MR) is 94.7 cm³/mol. The second kappa shape index (κ2) is 6.84. The lowest BCUT2D eigenvalue weighted by Crippen LogP contribution is -2.13. The van der Waals surface area contributed by atoms with Crippen molar-refractivity contribution in [3.8, 4) is 22.6 Å². The minimum atomic E-state index is -4.18. The van der Waals surface area contributed by atoms with Gasteiger partial charge in [-0.15, -0.1) is 0 Å². The first-order valence-electron chi connectivity index (χ1n) is 7.20. The minimum absolute atomic E-state index is 0.140. The van der Waals surface area contributed by atoms with Crippen LogP contribution in [0.1, 0.15) is 0 Å². The fraction of sp³-hybridized carbons (Fsp3) is 0. The van der Waals surface area contributed by atoms with E-state index in [9.17, 15) is 12.8 Å². The molecule has 0 amide bonds. The van der Waals surface area contributed by atoms with Crippen LogP contribution in [0.5, 0.6) is 11.5 Å². The van der Waals surface area contributed by atoms with Crippen molar-refractivity contribution in [3.05, 3.63) is 77.6 Å². The third-order valence-electron chi connectivity index (χ3n) is 3.46. The van der Waals surface area contributed by atoms with Gasteiger partial charge in [0.15, 0.2) is 0 Å². The van der Waals surface area contributed by atoms with Crippen LogP contribution in [0.3, 0.4) is 0 Å². The van der Waals surface area contributed by atoms with Crippen molar-refractivity contribution in [1.29, 1.82) is 0 Å². The number of primary sulfonamides is 1. The molecule has 0 aliphatic rings. The van der Waals surface area contributed by atoms with Crippen LogP contribution in [0.15, 0.2) is 71.6 Å². The molecule has 4 nitrogen and oxygen atoms in total. The monoisotopic (exact) mass is 377 g/mol. The molecule has 0 radical (unpaired) electrons. The Kier molecular flexibility index (Phi) is 4.76. The Labute approximate surface area is 149 Å². The van der Waals surface area contributed by atoms with Gasteiger partial charge in [-0.2, -0.15) is 0 Å². The third-order valence-corrected chi connectivity index (χ3v) is 4.68. The van der Waals surface area contributed by atoms with E-state index in [0.717, 1.165) is 23.3 Å². The summed E-state index contributed by atoms with van der Waals surface area (Å²) < 4.78 is 42.6. The van der Waals surface area contributed by atoms with Gasteiger partial charge >= 0.3 is 0 Å². The van der Waals surface area contributed by atoms with Crippen LogP contribution in [0.2, 0.25) is 5.02 Å². The summed E-state index contributed by atoms with van der Waals surface area (Å²) in [4.78, 5) is -0.473. The molecule has 3 rings (SSSR count). The van der Waals surface area contributed by atoms with Gasteiger partial charge in [0, 0.05) is 6.07 Å².